The van der Waals surface area contributed by atoms with Gasteiger partial charge in [0.2, 0.25) is 0 Å². The fraction of sp³-hybridized carbons (Fsp3) is 0.333. The van der Waals surface area contributed by atoms with E-state index in [1.54, 1.807) is 7.11 Å². The summed E-state index contributed by atoms with van der Waals surface area (Å²) in [6.07, 6.45) is 3.31. The van der Waals surface area contributed by atoms with Crippen LogP contribution in [-0.2, 0) is 6.42 Å². The standard InChI is InChI=1S/C12H18OSi/c1-13-12-8-6-11(7-9-12)5-4-10-14(2)3/h4,6-10,14H,5H2,1-3H3. The van der Waals surface area contributed by atoms with Gasteiger partial charge in [0.05, 0.1) is 15.9 Å². The summed E-state index contributed by atoms with van der Waals surface area (Å²) in [5.74, 6) is 0.927. The van der Waals surface area contributed by atoms with Gasteiger partial charge in [-0.05, 0) is 24.1 Å². The highest BCUT2D eigenvalue weighted by Gasteiger charge is 1.92. The van der Waals surface area contributed by atoms with Crippen molar-refractivity contribution in [1.82, 2.24) is 0 Å². The molecule has 0 radical (unpaired) electrons. The van der Waals surface area contributed by atoms with Gasteiger partial charge in [-0.3, -0.25) is 0 Å². The highest BCUT2D eigenvalue weighted by Crippen LogP contribution is 2.11. The number of hydrogen-bond acceptors (Lipinski definition) is 1. The maximum atomic E-state index is 5.10. The summed E-state index contributed by atoms with van der Waals surface area (Å²) in [5, 5.41) is 0. The number of allylic oxidation sites excluding steroid dienone is 1. The van der Waals surface area contributed by atoms with Crippen molar-refractivity contribution in [3.8, 4) is 5.75 Å². The van der Waals surface area contributed by atoms with E-state index in [0.29, 0.717) is 0 Å². The average molecular weight is 206 g/mol. The van der Waals surface area contributed by atoms with E-state index in [0.717, 1.165) is 12.2 Å². The third-order valence-electron chi connectivity index (χ3n) is 2.03. The topological polar surface area (TPSA) is 9.23 Å². The van der Waals surface area contributed by atoms with Crippen LogP contribution < -0.4 is 4.74 Å². The Hall–Kier alpha value is -1.02. The van der Waals surface area contributed by atoms with Crippen molar-refractivity contribution in [2.45, 2.75) is 19.5 Å². The molecule has 0 N–H and O–H groups in total. The first kappa shape index (κ1) is 11.1. The molecule has 0 amide bonds. The monoisotopic (exact) mass is 206 g/mol. The molecule has 0 aromatic heterocycles. The lowest BCUT2D eigenvalue weighted by Crippen LogP contribution is -1.93. The van der Waals surface area contributed by atoms with Crippen LogP contribution in [0.25, 0.3) is 0 Å². The van der Waals surface area contributed by atoms with E-state index in [1.807, 2.05) is 12.1 Å². The second kappa shape index (κ2) is 5.65. The van der Waals surface area contributed by atoms with Crippen LogP contribution >= 0.6 is 0 Å². The van der Waals surface area contributed by atoms with Crippen molar-refractivity contribution in [2.75, 3.05) is 7.11 Å². The zero-order valence-electron chi connectivity index (χ0n) is 9.16. The Morgan fingerprint density at radius 2 is 1.86 bits per heavy atom. The summed E-state index contributed by atoms with van der Waals surface area (Å²) in [6, 6.07) is 8.25. The van der Waals surface area contributed by atoms with Crippen molar-refractivity contribution in [1.29, 1.82) is 0 Å². The smallest absolute Gasteiger partial charge is 0.118 e. The van der Waals surface area contributed by atoms with Crippen molar-refractivity contribution in [3.63, 3.8) is 0 Å². The van der Waals surface area contributed by atoms with Gasteiger partial charge >= 0.3 is 0 Å². The third-order valence-corrected chi connectivity index (χ3v) is 3.08. The second-order valence-corrected chi connectivity index (χ2v) is 6.60. The van der Waals surface area contributed by atoms with Gasteiger partial charge in [0.15, 0.2) is 0 Å². The van der Waals surface area contributed by atoms with E-state index in [2.05, 4.69) is 37.0 Å². The maximum absolute atomic E-state index is 5.10. The summed E-state index contributed by atoms with van der Waals surface area (Å²) >= 11 is 0. The Bertz CT molecular complexity index is 288. The number of ether oxygens (including phenoxy) is 1. The molecule has 0 aliphatic rings. The van der Waals surface area contributed by atoms with Crippen LogP contribution in [0.1, 0.15) is 5.56 Å². The molecule has 0 heterocycles. The highest BCUT2D eigenvalue weighted by atomic mass is 28.3. The summed E-state index contributed by atoms with van der Waals surface area (Å²) < 4.78 is 5.10. The molecule has 2 heteroatoms. The highest BCUT2D eigenvalue weighted by molar-refractivity contribution is 6.61. The van der Waals surface area contributed by atoms with Crippen molar-refractivity contribution in [2.24, 2.45) is 0 Å². The summed E-state index contributed by atoms with van der Waals surface area (Å²) in [4.78, 5) is 0. The zero-order chi connectivity index (χ0) is 10.4. The van der Waals surface area contributed by atoms with Crippen molar-refractivity contribution in [3.05, 3.63) is 41.6 Å². The summed E-state index contributed by atoms with van der Waals surface area (Å²) in [5.41, 5.74) is 3.71. The molecule has 0 atom stereocenters. The van der Waals surface area contributed by atoms with Gasteiger partial charge in [0.25, 0.3) is 0 Å². The molecule has 0 aliphatic carbocycles. The predicted molar refractivity (Wildman–Crippen MR) is 64.7 cm³/mol. The van der Waals surface area contributed by atoms with E-state index >= 15 is 0 Å². The molecule has 0 bridgehead atoms. The lowest BCUT2D eigenvalue weighted by atomic mass is 10.1. The number of rotatable bonds is 4. The summed E-state index contributed by atoms with van der Waals surface area (Å²) in [7, 11) is 1.16. The lowest BCUT2D eigenvalue weighted by Gasteiger charge is -2.00. The number of hydrogen-bond donors (Lipinski definition) is 0. The maximum Gasteiger partial charge on any atom is 0.118 e. The Labute approximate surface area is 88.0 Å². The summed E-state index contributed by atoms with van der Waals surface area (Å²) in [6.45, 7) is 4.65. The molecule has 76 valence electrons. The molecule has 0 unspecified atom stereocenters. The van der Waals surface area contributed by atoms with Gasteiger partial charge in [-0.1, -0.05) is 31.3 Å². The average Bonchev–Trinajstić information content (AvgIpc) is 2.18. The molecule has 0 spiro atoms. The molecular weight excluding hydrogens is 188 g/mol. The zero-order valence-corrected chi connectivity index (χ0v) is 10.3. The Morgan fingerprint density at radius 3 is 2.36 bits per heavy atom. The minimum atomic E-state index is -0.533. The first-order chi connectivity index (χ1) is 6.72. The van der Waals surface area contributed by atoms with Gasteiger partial charge in [-0.2, -0.15) is 0 Å². The second-order valence-electron chi connectivity index (χ2n) is 3.72. The minimum Gasteiger partial charge on any atom is -0.497 e. The Balaban J connectivity index is 2.52. The molecule has 1 rings (SSSR count). The van der Waals surface area contributed by atoms with Gasteiger partial charge in [-0.15, -0.1) is 5.70 Å². The van der Waals surface area contributed by atoms with Crippen LogP contribution in [0, 0.1) is 0 Å². The van der Waals surface area contributed by atoms with Crippen molar-refractivity contribution >= 4 is 8.80 Å². The van der Waals surface area contributed by atoms with E-state index < -0.39 is 8.80 Å². The lowest BCUT2D eigenvalue weighted by molar-refractivity contribution is 0.414. The van der Waals surface area contributed by atoms with Crippen LogP contribution in [0.15, 0.2) is 36.0 Å². The van der Waals surface area contributed by atoms with E-state index in [1.165, 1.54) is 5.56 Å². The Morgan fingerprint density at radius 1 is 1.21 bits per heavy atom. The van der Waals surface area contributed by atoms with Crippen LogP contribution in [0.4, 0.5) is 0 Å². The van der Waals surface area contributed by atoms with Crippen LogP contribution in [0.5, 0.6) is 5.75 Å². The molecule has 1 nitrogen and oxygen atoms in total. The SMILES string of the molecule is COc1ccc(CC=C[SiH](C)C)cc1. The fourth-order valence-electron chi connectivity index (χ4n) is 1.24. The quantitative estimate of drug-likeness (QED) is 0.688. The van der Waals surface area contributed by atoms with Crippen LogP contribution in [0.2, 0.25) is 13.1 Å². The molecule has 0 saturated carbocycles. The predicted octanol–water partition coefficient (Wildman–Crippen LogP) is 2.82. The molecule has 0 fully saturated rings. The van der Waals surface area contributed by atoms with Crippen LogP contribution in [-0.4, -0.2) is 15.9 Å². The molecule has 1 aromatic rings. The van der Waals surface area contributed by atoms with Gasteiger partial charge < -0.3 is 4.74 Å². The molecule has 0 aliphatic heterocycles. The molecular formula is C12H18OSi. The van der Waals surface area contributed by atoms with Gasteiger partial charge in [0.1, 0.15) is 5.75 Å². The molecule has 1 aromatic carbocycles. The molecule has 0 saturated heterocycles. The third kappa shape index (κ3) is 3.79. The number of benzene rings is 1. The minimum absolute atomic E-state index is 0.533. The normalized spacial score (nSPS) is 11.1. The van der Waals surface area contributed by atoms with E-state index in [4.69, 9.17) is 4.74 Å². The van der Waals surface area contributed by atoms with Crippen molar-refractivity contribution < 1.29 is 4.74 Å². The van der Waals surface area contributed by atoms with E-state index in [-0.39, 0.29) is 0 Å². The number of methoxy groups -OCH3 is 1. The van der Waals surface area contributed by atoms with E-state index in [9.17, 15) is 0 Å². The van der Waals surface area contributed by atoms with Crippen LogP contribution in [0.3, 0.4) is 0 Å². The Kier molecular flexibility index (Phi) is 4.46. The largest absolute Gasteiger partial charge is 0.497 e. The first-order valence-corrected chi connectivity index (χ1v) is 7.99. The first-order valence-electron chi connectivity index (χ1n) is 5.02. The molecule has 14 heavy (non-hydrogen) atoms. The fourth-order valence-corrected chi connectivity index (χ4v) is 1.92. The van der Waals surface area contributed by atoms with Gasteiger partial charge in [0, 0.05) is 0 Å². The van der Waals surface area contributed by atoms with Gasteiger partial charge in [-0.25, -0.2) is 0 Å².